The molecule has 1 saturated carbocycles. The number of nitrogens with two attached hydrogens (primary N) is 1. The van der Waals surface area contributed by atoms with Gasteiger partial charge in [0.2, 0.25) is 0 Å². The Balaban J connectivity index is 1.48. The fraction of sp³-hybridized carbons (Fsp3) is 0.429. The van der Waals surface area contributed by atoms with E-state index in [-0.39, 0.29) is 29.1 Å². The lowest BCUT2D eigenvalue weighted by Gasteiger charge is -2.25. The van der Waals surface area contributed by atoms with Crippen molar-refractivity contribution in [2.75, 3.05) is 12.3 Å². The molecule has 5 rings (SSSR count). The van der Waals surface area contributed by atoms with E-state index in [0.29, 0.717) is 36.4 Å². The number of hydrogen-bond donors (Lipinski definition) is 4. The number of rotatable bonds is 3. The molecular formula is C21H23F2N5O3. The monoisotopic (exact) mass is 431 g/mol. The lowest BCUT2D eigenvalue weighted by atomic mass is 9.96. The molecule has 0 spiro atoms. The summed E-state index contributed by atoms with van der Waals surface area (Å²) in [7, 11) is 0. The number of aliphatic hydroxyl groups is 2. The zero-order chi connectivity index (χ0) is 21.9. The van der Waals surface area contributed by atoms with Gasteiger partial charge in [0, 0.05) is 24.7 Å². The number of nitrogens with one attached hydrogen (secondary N) is 1. The highest BCUT2D eigenvalue weighted by Gasteiger charge is 2.45. The van der Waals surface area contributed by atoms with Crippen LogP contribution in [0.4, 0.5) is 14.6 Å². The zero-order valence-corrected chi connectivity index (χ0v) is 16.8. The molecule has 31 heavy (non-hydrogen) atoms. The Labute approximate surface area is 176 Å². The summed E-state index contributed by atoms with van der Waals surface area (Å²) in [6, 6.07) is 0.934. The number of anilines is 1. The minimum absolute atomic E-state index is 0.00278. The molecule has 8 nitrogen and oxygen atoms in total. The summed E-state index contributed by atoms with van der Waals surface area (Å²) in [6.07, 6.45) is -0.0296. The number of aromatic nitrogens is 3. The molecular weight excluding hydrogens is 408 g/mol. The largest absolute Gasteiger partial charge is 0.487 e. The van der Waals surface area contributed by atoms with Gasteiger partial charge >= 0.3 is 0 Å². The first kappa shape index (κ1) is 20.1. The summed E-state index contributed by atoms with van der Waals surface area (Å²) in [5.41, 5.74) is 7.81. The molecule has 164 valence electrons. The van der Waals surface area contributed by atoms with E-state index in [2.05, 4.69) is 15.3 Å². The molecule has 3 heterocycles. The molecule has 1 aliphatic carbocycles. The SMILES string of the molecule is Cc1cc(OC2CC(n3cc(F)c4c(N)ncnc43)C(O)C2O)c2c(c1F)CCNC2. The highest BCUT2D eigenvalue weighted by molar-refractivity contribution is 5.86. The first-order chi connectivity index (χ1) is 14.9. The lowest BCUT2D eigenvalue weighted by Crippen LogP contribution is -2.35. The topological polar surface area (TPSA) is 118 Å². The number of hydrogen-bond acceptors (Lipinski definition) is 7. The van der Waals surface area contributed by atoms with E-state index in [0.717, 1.165) is 5.56 Å². The molecule has 0 amide bonds. The Morgan fingerprint density at radius 2 is 2.03 bits per heavy atom. The second-order valence-electron chi connectivity index (χ2n) is 8.17. The first-order valence-corrected chi connectivity index (χ1v) is 10.2. The van der Waals surface area contributed by atoms with Gasteiger partial charge in [-0.3, -0.25) is 0 Å². The van der Waals surface area contributed by atoms with E-state index < -0.39 is 30.2 Å². The predicted molar refractivity (Wildman–Crippen MR) is 109 cm³/mol. The smallest absolute Gasteiger partial charge is 0.154 e. The second-order valence-corrected chi connectivity index (χ2v) is 8.17. The van der Waals surface area contributed by atoms with Crippen molar-refractivity contribution in [2.45, 2.75) is 50.7 Å². The van der Waals surface area contributed by atoms with E-state index >= 15 is 0 Å². The third kappa shape index (κ3) is 3.13. The van der Waals surface area contributed by atoms with Gasteiger partial charge in [0.15, 0.2) is 5.82 Å². The summed E-state index contributed by atoms with van der Waals surface area (Å²) in [5, 5.41) is 24.7. The quantitative estimate of drug-likeness (QED) is 0.495. The van der Waals surface area contributed by atoms with Crippen molar-refractivity contribution >= 4 is 16.9 Å². The van der Waals surface area contributed by atoms with Gasteiger partial charge in [-0.05, 0) is 37.1 Å². The van der Waals surface area contributed by atoms with Crippen LogP contribution >= 0.6 is 0 Å². The van der Waals surface area contributed by atoms with E-state index in [4.69, 9.17) is 10.5 Å². The molecule has 5 N–H and O–H groups in total. The summed E-state index contributed by atoms with van der Waals surface area (Å²) < 4.78 is 36.6. The molecule has 2 aliphatic rings. The standard InChI is InChI=1S/C21H23F2N5O3/c1-9-4-14(11-6-25-3-2-10(11)17(9)23)31-15-5-13(18(29)19(15)30)28-7-12(22)16-20(24)26-8-27-21(16)28/h4,7-8,13,15,18-19,25,29-30H,2-3,5-6H2,1H3,(H2,24,26,27). The Morgan fingerprint density at radius 3 is 2.84 bits per heavy atom. The first-order valence-electron chi connectivity index (χ1n) is 10.2. The van der Waals surface area contributed by atoms with Crippen LogP contribution in [0.2, 0.25) is 0 Å². The van der Waals surface area contributed by atoms with Gasteiger partial charge in [0.05, 0.1) is 11.4 Å². The number of halogens is 2. The van der Waals surface area contributed by atoms with Crippen molar-refractivity contribution in [1.29, 1.82) is 0 Å². The molecule has 3 aromatic rings. The fourth-order valence-corrected chi connectivity index (χ4v) is 4.69. The number of nitrogen functional groups attached to an aromatic ring is 1. The van der Waals surface area contributed by atoms with Gasteiger partial charge in [0.1, 0.15) is 47.7 Å². The van der Waals surface area contributed by atoms with Gasteiger partial charge in [0.25, 0.3) is 0 Å². The minimum Gasteiger partial charge on any atom is -0.487 e. The van der Waals surface area contributed by atoms with E-state index in [1.165, 1.54) is 17.1 Å². The molecule has 0 bridgehead atoms. The normalized spacial score (nSPS) is 25.7. The third-order valence-corrected chi connectivity index (χ3v) is 6.30. The van der Waals surface area contributed by atoms with Crippen molar-refractivity contribution in [3.63, 3.8) is 0 Å². The third-order valence-electron chi connectivity index (χ3n) is 6.30. The molecule has 4 unspecified atom stereocenters. The van der Waals surface area contributed by atoms with Crippen LogP contribution in [-0.2, 0) is 13.0 Å². The fourth-order valence-electron chi connectivity index (χ4n) is 4.69. The molecule has 4 atom stereocenters. The van der Waals surface area contributed by atoms with Crippen molar-refractivity contribution in [2.24, 2.45) is 0 Å². The average molecular weight is 431 g/mol. The average Bonchev–Trinajstić information content (AvgIpc) is 3.24. The number of benzene rings is 1. The van der Waals surface area contributed by atoms with Crippen LogP contribution in [0.15, 0.2) is 18.6 Å². The highest BCUT2D eigenvalue weighted by Crippen LogP contribution is 2.39. The van der Waals surface area contributed by atoms with E-state index in [9.17, 15) is 19.0 Å². The van der Waals surface area contributed by atoms with Crippen LogP contribution in [0.25, 0.3) is 11.0 Å². The van der Waals surface area contributed by atoms with Gasteiger partial charge in [-0.2, -0.15) is 0 Å². The molecule has 1 aromatic carbocycles. The molecule has 1 aliphatic heterocycles. The molecule has 1 fully saturated rings. The van der Waals surface area contributed by atoms with Crippen LogP contribution < -0.4 is 15.8 Å². The van der Waals surface area contributed by atoms with Crippen molar-refractivity contribution in [3.8, 4) is 5.75 Å². The van der Waals surface area contributed by atoms with Crippen LogP contribution in [0.3, 0.4) is 0 Å². The lowest BCUT2D eigenvalue weighted by molar-refractivity contribution is -0.0167. The summed E-state index contributed by atoms with van der Waals surface area (Å²) in [6.45, 7) is 2.81. The molecule has 10 heteroatoms. The molecule has 2 aromatic heterocycles. The summed E-state index contributed by atoms with van der Waals surface area (Å²) in [5.74, 6) is -0.357. The highest BCUT2D eigenvalue weighted by atomic mass is 19.1. The van der Waals surface area contributed by atoms with Crippen LogP contribution in [-0.4, -0.2) is 49.6 Å². The maximum atomic E-state index is 14.5. The Bertz CT molecular complexity index is 1170. The van der Waals surface area contributed by atoms with Gasteiger partial charge in [-0.1, -0.05) is 0 Å². The Morgan fingerprint density at radius 1 is 1.23 bits per heavy atom. The number of ether oxygens (including phenoxy) is 1. The summed E-state index contributed by atoms with van der Waals surface area (Å²) in [4.78, 5) is 7.91. The number of fused-ring (bicyclic) bond motifs is 2. The summed E-state index contributed by atoms with van der Waals surface area (Å²) >= 11 is 0. The van der Waals surface area contributed by atoms with E-state index in [1.807, 2.05) is 0 Å². The number of aryl methyl sites for hydroxylation is 1. The minimum atomic E-state index is -1.22. The number of aliphatic hydroxyl groups excluding tert-OH is 2. The Hall–Kier alpha value is -2.82. The Kier molecular flexibility index (Phi) is 4.80. The van der Waals surface area contributed by atoms with Crippen molar-refractivity contribution in [1.82, 2.24) is 19.9 Å². The van der Waals surface area contributed by atoms with E-state index in [1.54, 1.807) is 13.0 Å². The maximum Gasteiger partial charge on any atom is 0.154 e. The maximum absolute atomic E-state index is 14.5. The second kappa shape index (κ2) is 7.40. The van der Waals surface area contributed by atoms with Gasteiger partial charge in [-0.25, -0.2) is 18.7 Å². The zero-order valence-electron chi connectivity index (χ0n) is 16.8. The predicted octanol–water partition coefficient (Wildman–Crippen LogP) is 1.36. The van der Waals surface area contributed by atoms with Crippen LogP contribution in [0.5, 0.6) is 5.75 Å². The van der Waals surface area contributed by atoms with Gasteiger partial charge in [-0.15, -0.1) is 0 Å². The van der Waals surface area contributed by atoms with Crippen molar-refractivity contribution < 1.29 is 23.7 Å². The van der Waals surface area contributed by atoms with Gasteiger partial charge < -0.3 is 30.6 Å². The molecule has 0 saturated heterocycles. The van der Waals surface area contributed by atoms with Crippen LogP contribution in [0, 0.1) is 18.6 Å². The van der Waals surface area contributed by atoms with Crippen molar-refractivity contribution in [3.05, 3.63) is 46.9 Å². The number of nitrogens with zero attached hydrogens (tertiary/aromatic N) is 3. The van der Waals surface area contributed by atoms with Crippen LogP contribution in [0.1, 0.15) is 29.2 Å². The molecule has 0 radical (unpaired) electrons.